The Hall–Kier alpha value is -2.67. The summed E-state index contributed by atoms with van der Waals surface area (Å²) in [7, 11) is 0. The zero-order valence-electron chi connectivity index (χ0n) is 19.1. The van der Waals surface area contributed by atoms with Gasteiger partial charge < -0.3 is 15.0 Å². The Bertz CT molecular complexity index is 1270. The third-order valence-corrected chi connectivity index (χ3v) is 7.83. The van der Waals surface area contributed by atoms with Crippen molar-refractivity contribution < 1.29 is 14.3 Å². The number of rotatable bonds is 2. The number of ether oxygens (including phenoxy) is 1. The maximum atomic E-state index is 14.0. The number of carbonyl (C=O) groups is 2. The molecule has 2 saturated heterocycles. The Kier molecular flexibility index (Phi) is 5.47. The van der Waals surface area contributed by atoms with Crippen LogP contribution in [-0.4, -0.2) is 47.5 Å². The predicted octanol–water partition coefficient (Wildman–Crippen LogP) is 5.28. The highest BCUT2D eigenvalue weighted by Crippen LogP contribution is 2.49. The monoisotopic (exact) mass is 477 g/mol. The molecule has 7 heteroatoms. The molecule has 2 fully saturated rings. The summed E-state index contributed by atoms with van der Waals surface area (Å²) in [6.07, 6.45) is 5.81. The van der Waals surface area contributed by atoms with E-state index in [0.717, 1.165) is 74.8 Å². The van der Waals surface area contributed by atoms with E-state index in [-0.39, 0.29) is 11.8 Å². The Balaban J connectivity index is 1.42. The summed E-state index contributed by atoms with van der Waals surface area (Å²) in [5.74, 6) is -0.111. The molecule has 2 aromatic carbocycles. The second-order valence-electron chi connectivity index (χ2n) is 9.60. The average molecular weight is 478 g/mol. The van der Waals surface area contributed by atoms with Crippen molar-refractivity contribution in [2.24, 2.45) is 0 Å². The summed E-state index contributed by atoms with van der Waals surface area (Å²) in [5, 5.41) is 4.66. The van der Waals surface area contributed by atoms with Crippen LogP contribution in [-0.2, 0) is 10.3 Å². The number of ketones is 1. The largest absolute Gasteiger partial charge is 0.354 e. The molecule has 176 valence electrons. The topological polar surface area (TPSA) is 63.6 Å². The van der Waals surface area contributed by atoms with Crippen molar-refractivity contribution in [2.75, 3.05) is 26.2 Å². The van der Waals surface area contributed by atoms with Crippen molar-refractivity contribution in [3.63, 3.8) is 0 Å². The molecule has 1 aromatic heterocycles. The number of likely N-dealkylation sites (tertiary alicyclic amines) is 1. The van der Waals surface area contributed by atoms with Gasteiger partial charge in [-0.15, -0.1) is 0 Å². The molecule has 4 heterocycles. The van der Waals surface area contributed by atoms with E-state index in [4.69, 9.17) is 16.3 Å². The van der Waals surface area contributed by atoms with Crippen molar-refractivity contribution in [1.29, 1.82) is 0 Å². The number of amides is 1. The molecule has 0 aliphatic carbocycles. The van der Waals surface area contributed by atoms with Crippen molar-refractivity contribution in [2.45, 2.75) is 43.8 Å². The second-order valence-corrected chi connectivity index (χ2v) is 10.0. The van der Waals surface area contributed by atoms with Crippen molar-refractivity contribution >= 4 is 34.3 Å². The smallest absolute Gasteiger partial charge is 0.328 e. The molecule has 1 N–H and O–H groups in total. The van der Waals surface area contributed by atoms with Gasteiger partial charge in [0.05, 0.1) is 11.1 Å². The first kappa shape index (κ1) is 21.8. The molecule has 0 radical (unpaired) electrons. The predicted molar refractivity (Wildman–Crippen MR) is 132 cm³/mol. The number of carbonyl (C=O) groups excluding carboxylic acids is 2. The number of Topliss-reactive ketones (excluding diaryl/α,β-unsaturated/α-hetero) is 1. The van der Waals surface area contributed by atoms with Crippen LogP contribution in [0.25, 0.3) is 10.9 Å². The van der Waals surface area contributed by atoms with Crippen LogP contribution in [0.5, 0.6) is 0 Å². The highest BCUT2D eigenvalue weighted by atomic mass is 35.5. The molecule has 3 aromatic rings. The summed E-state index contributed by atoms with van der Waals surface area (Å²) in [4.78, 5) is 29.3. The molecule has 3 aliphatic rings. The lowest BCUT2D eigenvalue weighted by Crippen LogP contribution is -2.40. The number of hydrogen-bond donors (Lipinski definition) is 1. The van der Waals surface area contributed by atoms with E-state index in [1.54, 1.807) is 22.9 Å². The van der Waals surface area contributed by atoms with E-state index in [0.29, 0.717) is 16.1 Å². The van der Waals surface area contributed by atoms with Gasteiger partial charge in [-0.05, 0) is 68.5 Å². The van der Waals surface area contributed by atoms with E-state index in [9.17, 15) is 9.59 Å². The van der Waals surface area contributed by atoms with Crippen molar-refractivity contribution in [3.8, 4) is 0 Å². The van der Waals surface area contributed by atoms with Gasteiger partial charge in [-0.3, -0.25) is 9.36 Å². The van der Waals surface area contributed by atoms with Crippen LogP contribution in [0.4, 0.5) is 4.79 Å². The lowest BCUT2D eigenvalue weighted by molar-refractivity contribution is -0.0805. The fourth-order valence-corrected chi connectivity index (χ4v) is 6.01. The van der Waals surface area contributed by atoms with E-state index in [1.165, 1.54) is 0 Å². The fourth-order valence-electron chi connectivity index (χ4n) is 5.84. The molecule has 1 spiro atoms. The minimum Gasteiger partial charge on any atom is -0.354 e. The maximum absolute atomic E-state index is 14.0. The van der Waals surface area contributed by atoms with Gasteiger partial charge in [0.1, 0.15) is 6.10 Å². The molecular formula is C27H28ClN3O3. The molecule has 3 aliphatic heterocycles. The zero-order valence-corrected chi connectivity index (χ0v) is 19.8. The van der Waals surface area contributed by atoms with Crippen LogP contribution in [0.1, 0.15) is 59.7 Å². The lowest BCUT2D eigenvalue weighted by atomic mass is 9.84. The summed E-state index contributed by atoms with van der Waals surface area (Å²) in [6, 6.07) is 13.4. The van der Waals surface area contributed by atoms with Crippen LogP contribution < -0.4 is 5.32 Å². The first-order chi connectivity index (χ1) is 16.6. The first-order valence-electron chi connectivity index (χ1n) is 12.2. The Morgan fingerprint density at radius 2 is 1.79 bits per heavy atom. The fraction of sp³-hybridized carbons (Fsp3) is 0.407. The molecule has 6 nitrogen and oxygen atoms in total. The molecule has 6 rings (SSSR count). The number of halogens is 1. The third kappa shape index (κ3) is 3.47. The number of aromatic nitrogens is 1. The number of fused-ring (bicyclic) bond motifs is 3. The summed E-state index contributed by atoms with van der Waals surface area (Å²) in [5.41, 5.74) is 2.78. The van der Waals surface area contributed by atoms with Gasteiger partial charge in [0.2, 0.25) is 0 Å². The van der Waals surface area contributed by atoms with Gasteiger partial charge in [0, 0.05) is 35.3 Å². The number of hydrogen-bond acceptors (Lipinski definition) is 4. The average Bonchev–Trinajstić information content (AvgIpc) is 3.40. The highest BCUT2D eigenvalue weighted by molar-refractivity contribution is 6.31. The van der Waals surface area contributed by atoms with E-state index >= 15 is 0 Å². The number of nitrogens with one attached hydrogen (secondary N) is 1. The molecule has 34 heavy (non-hydrogen) atoms. The van der Waals surface area contributed by atoms with Crippen LogP contribution in [0.15, 0.2) is 48.7 Å². The molecule has 1 atom stereocenters. The summed E-state index contributed by atoms with van der Waals surface area (Å²) in [6.45, 7) is 3.19. The first-order valence-corrected chi connectivity index (χ1v) is 12.6. The van der Waals surface area contributed by atoms with E-state index in [1.807, 2.05) is 29.2 Å². The SMILES string of the molecule is O=C(c1cn(C(=O)N2CCCCC2)c2cc(Cl)ccc12)[C@@H]1OC2(CCNCC2)c2ccccc21. The van der Waals surface area contributed by atoms with Gasteiger partial charge in [-0.25, -0.2) is 4.79 Å². The van der Waals surface area contributed by atoms with Crippen LogP contribution in [0.3, 0.4) is 0 Å². The maximum Gasteiger partial charge on any atom is 0.328 e. The molecule has 0 saturated carbocycles. The van der Waals surface area contributed by atoms with Gasteiger partial charge >= 0.3 is 6.03 Å². The minimum atomic E-state index is -0.686. The van der Waals surface area contributed by atoms with Crippen LogP contribution in [0, 0.1) is 0 Å². The van der Waals surface area contributed by atoms with Gasteiger partial charge in [0.15, 0.2) is 5.78 Å². The summed E-state index contributed by atoms with van der Waals surface area (Å²) < 4.78 is 8.21. The molecule has 0 bridgehead atoms. The Morgan fingerprint density at radius 3 is 2.59 bits per heavy atom. The van der Waals surface area contributed by atoms with Crippen LogP contribution in [0.2, 0.25) is 5.02 Å². The molecule has 1 amide bonds. The number of piperidine rings is 2. The van der Waals surface area contributed by atoms with Gasteiger partial charge in [-0.2, -0.15) is 0 Å². The highest BCUT2D eigenvalue weighted by Gasteiger charge is 2.48. The standard InChI is InChI=1S/C27H28ClN3O3/c28-18-8-9-19-21(17-31(23(19)16-18)26(33)30-14-4-1-5-15-30)24(32)25-20-6-2-3-7-22(20)27(34-25)10-12-29-13-11-27/h2-3,6-9,16-17,25,29H,1,4-5,10-15H2/t25-/m1/s1. The Labute approximate surface area is 203 Å². The lowest BCUT2D eigenvalue weighted by Gasteiger charge is -2.34. The van der Waals surface area contributed by atoms with Crippen molar-refractivity contribution in [3.05, 3.63) is 70.4 Å². The van der Waals surface area contributed by atoms with Gasteiger partial charge in [-0.1, -0.05) is 41.9 Å². The second kappa shape index (κ2) is 8.52. The van der Waals surface area contributed by atoms with E-state index < -0.39 is 11.7 Å². The Morgan fingerprint density at radius 1 is 1.03 bits per heavy atom. The number of benzene rings is 2. The quantitative estimate of drug-likeness (QED) is 0.510. The number of nitrogens with zero attached hydrogens (tertiary/aromatic N) is 2. The summed E-state index contributed by atoms with van der Waals surface area (Å²) >= 11 is 6.31. The zero-order chi connectivity index (χ0) is 23.3. The van der Waals surface area contributed by atoms with Gasteiger partial charge in [0.25, 0.3) is 0 Å². The van der Waals surface area contributed by atoms with E-state index in [2.05, 4.69) is 11.4 Å². The molecule has 0 unspecified atom stereocenters. The molecular weight excluding hydrogens is 450 g/mol. The third-order valence-electron chi connectivity index (χ3n) is 7.59. The minimum absolute atomic E-state index is 0.103. The normalized spacial score (nSPS) is 21.7. The van der Waals surface area contributed by atoms with Crippen molar-refractivity contribution in [1.82, 2.24) is 14.8 Å². The van der Waals surface area contributed by atoms with Crippen LogP contribution >= 0.6 is 11.6 Å².